The van der Waals surface area contributed by atoms with Crippen LogP contribution < -0.4 is 0 Å². The zero-order valence-corrected chi connectivity index (χ0v) is 10.4. The monoisotopic (exact) mass is 234 g/mol. The topological polar surface area (TPSA) is 63.1 Å². The van der Waals surface area contributed by atoms with Gasteiger partial charge in [0.1, 0.15) is 5.82 Å². The van der Waals surface area contributed by atoms with E-state index >= 15 is 0 Å². The molecule has 0 spiro atoms. The smallest absolute Gasteiger partial charge is 0.307 e. The third kappa shape index (κ3) is 2.62. The highest BCUT2D eigenvalue weighted by Gasteiger charge is 2.21. The fourth-order valence-corrected chi connectivity index (χ4v) is 2.54. The lowest BCUT2D eigenvalue weighted by molar-refractivity contribution is -0.136. The lowest BCUT2D eigenvalue weighted by Gasteiger charge is -2.12. The van der Waals surface area contributed by atoms with Gasteiger partial charge in [-0.25, -0.2) is 9.97 Å². The van der Waals surface area contributed by atoms with Crippen LogP contribution in [0.1, 0.15) is 54.4 Å². The lowest BCUT2D eigenvalue weighted by atomic mass is 10.0. The van der Waals surface area contributed by atoms with Crippen molar-refractivity contribution in [2.45, 2.75) is 51.9 Å². The van der Waals surface area contributed by atoms with Crippen LogP contribution in [0.3, 0.4) is 0 Å². The van der Waals surface area contributed by atoms with Crippen molar-refractivity contribution in [1.82, 2.24) is 9.97 Å². The summed E-state index contributed by atoms with van der Waals surface area (Å²) >= 11 is 0. The Labute approximate surface area is 101 Å². The zero-order chi connectivity index (χ0) is 12.4. The molecular weight excluding hydrogens is 216 g/mol. The highest BCUT2D eigenvalue weighted by molar-refractivity contribution is 5.70. The SMILES string of the molecule is Cc1nc(C2CCCC2)nc(C)c1CC(=O)O. The van der Waals surface area contributed by atoms with Gasteiger partial charge in [0.15, 0.2) is 0 Å². The van der Waals surface area contributed by atoms with Gasteiger partial charge in [-0.2, -0.15) is 0 Å². The molecule has 4 nitrogen and oxygen atoms in total. The van der Waals surface area contributed by atoms with Crippen molar-refractivity contribution in [1.29, 1.82) is 0 Å². The van der Waals surface area contributed by atoms with E-state index in [0.717, 1.165) is 35.6 Å². The van der Waals surface area contributed by atoms with Crippen molar-refractivity contribution in [3.8, 4) is 0 Å². The van der Waals surface area contributed by atoms with Gasteiger partial charge in [-0.3, -0.25) is 4.79 Å². The van der Waals surface area contributed by atoms with Crippen LogP contribution in [0, 0.1) is 13.8 Å². The average Bonchev–Trinajstić information content (AvgIpc) is 2.76. The van der Waals surface area contributed by atoms with E-state index in [0.29, 0.717) is 5.92 Å². The third-order valence-corrected chi connectivity index (χ3v) is 3.49. The quantitative estimate of drug-likeness (QED) is 0.872. The molecule has 0 unspecified atom stereocenters. The number of carboxylic acid groups (broad SMARTS) is 1. The van der Waals surface area contributed by atoms with Gasteiger partial charge in [0, 0.05) is 22.9 Å². The maximum absolute atomic E-state index is 10.8. The molecule has 1 aromatic heterocycles. The lowest BCUT2D eigenvalue weighted by Crippen LogP contribution is -2.11. The van der Waals surface area contributed by atoms with E-state index in [1.54, 1.807) is 0 Å². The minimum Gasteiger partial charge on any atom is -0.481 e. The minimum absolute atomic E-state index is 0.0165. The molecule has 1 fully saturated rings. The maximum Gasteiger partial charge on any atom is 0.307 e. The summed E-state index contributed by atoms with van der Waals surface area (Å²) in [4.78, 5) is 19.7. The number of rotatable bonds is 3. The fourth-order valence-electron chi connectivity index (χ4n) is 2.54. The Bertz CT molecular complexity index is 414. The van der Waals surface area contributed by atoms with E-state index in [4.69, 9.17) is 5.11 Å². The minimum atomic E-state index is -0.826. The Morgan fingerprint density at radius 1 is 1.24 bits per heavy atom. The van der Waals surface area contributed by atoms with Gasteiger partial charge in [-0.05, 0) is 26.7 Å². The molecule has 0 radical (unpaired) electrons. The summed E-state index contributed by atoms with van der Waals surface area (Å²) in [6.07, 6.45) is 4.85. The normalized spacial score (nSPS) is 16.4. The molecule has 1 aromatic rings. The summed E-state index contributed by atoms with van der Waals surface area (Å²) in [6.45, 7) is 3.76. The molecule has 2 rings (SSSR count). The Balaban J connectivity index is 2.30. The van der Waals surface area contributed by atoms with Gasteiger partial charge in [-0.15, -0.1) is 0 Å². The number of carbonyl (C=O) groups is 1. The van der Waals surface area contributed by atoms with Crippen LogP contribution in [0.25, 0.3) is 0 Å². The first-order valence-electron chi connectivity index (χ1n) is 6.13. The molecule has 17 heavy (non-hydrogen) atoms. The molecule has 1 aliphatic carbocycles. The largest absolute Gasteiger partial charge is 0.481 e. The summed E-state index contributed by atoms with van der Waals surface area (Å²) in [7, 11) is 0. The number of hydrogen-bond donors (Lipinski definition) is 1. The van der Waals surface area contributed by atoms with Gasteiger partial charge in [0.25, 0.3) is 0 Å². The van der Waals surface area contributed by atoms with Crippen LogP contribution in [-0.2, 0) is 11.2 Å². The van der Waals surface area contributed by atoms with Crippen molar-refractivity contribution in [3.63, 3.8) is 0 Å². The molecule has 0 aromatic carbocycles. The Morgan fingerprint density at radius 3 is 2.24 bits per heavy atom. The molecule has 1 N–H and O–H groups in total. The molecule has 1 saturated carbocycles. The van der Waals surface area contributed by atoms with Crippen LogP contribution in [0.2, 0.25) is 0 Å². The number of hydrogen-bond acceptors (Lipinski definition) is 3. The maximum atomic E-state index is 10.8. The summed E-state index contributed by atoms with van der Waals surface area (Å²) in [5.74, 6) is 0.561. The summed E-state index contributed by atoms with van der Waals surface area (Å²) in [6, 6.07) is 0. The molecule has 4 heteroatoms. The fraction of sp³-hybridized carbons (Fsp3) is 0.615. The second-order valence-corrected chi connectivity index (χ2v) is 4.78. The van der Waals surface area contributed by atoms with Crippen molar-refractivity contribution < 1.29 is 9.90 Å². The van der Waals surface area contributed by atoms with Crippen molar-refractivity contribution >= 4 is 5.97 Å². The number of aliphatic carboxylic acids is 1. The van der Waals surface area contributed by atoms with Crippen LogP contribution >= 0.6 is 0 Å². The van der Waals surface area contributed by atoms with Crippen molar-refractivity contribution in [2.75, 3.05) is 0 Å². The summed E-state index contributed by atoms with van der Waals surface area (Å²) in [5, 5.41) is 8.84. The third-order valence-electron chi connectivity index (χ3n) is 3.49. The standard InChI is InChI=1S/C13H18N2O2/c1-8-11(7-12(16)17)9(2)15-13(14-8)10-5-3-4-6-10/h10H,3-7H2,1-2H3,(H,16,17). The second kappa shape index (κ2) is 4.82. The van der Waals surface area contributed by atoms with Gasteiger partial charge in [0.05, 0.1) is 6.42 Å². The van der Waals surface area contributed by atoms with Gasteiger partial charge < -0.3 is 5.11 Å². The van der Waals surface area contributed by atoms with E-state index < -0.39 is 5.97 Å². The summed E-state index contributed by atoms with van der Waals surface area (Å²) < 4.78 is 0. The van der Waals surface area contributed by atoms with Crippen LogP contribution in [-0.4, -0.2) is 21.0 Å². The first-order valence-corrected chi connectivity index (χ1v) is 6.13. The van der Waals surface area contributed by atoms with Gasteiger partial charge >= 0.3 is 5.97 Å². The molecule has 1 heterocycles. The Morgan fingerprint density at radius 2 is 1.76 bits per heavy atom. The van der Waals surface area contributed by atoms with Gasteiger partial charge in [0.2, 0.25) is 0 Å². The molecule has 1 aliphatic rings. The Hall–Kier alpha value is -1.45. The molecule has 92 valence electrons. The molecule has 0 bridgehead atoms. The van der Waals surface area contributed by atoms with Gasteiger partial charge in [-0.1, -0.05) is 12.8 Å². The first-order chi connectivity index (χ1) is 8.08. The predicted octanol–water partition coefficient (Wildman–Crippen LogP) is 2.38. The summed E-state index contributed by atoms with van der Waals surface area (Å²) in [5.41, 5.74) is 2.41. The Kier molecular flexibility index (Phi) is 3.41. The van der Waals surface area contributed by atoms with E-state index in [-0.39, 0.29) is 6.42 Å². The molecule has 0 aliphatic heterocycles. The average molecular weight is 234 g/mol. The molecule has 0 amide bonds. The van der Waals surface area contributed by atoms with E-state index in [2.05, 4.69) is 9.97 Å². The van der Waals surface area contributed by atoms with Crippen LogP contribution in [0.5, 0.6) is 0 Å². The molecular formula is C13H18N2O2. The van der Waals surface area contributed by atoms with E-state index in [9.17, 15) is 4.79 Å². The second-order valence-electron chi connectivity index (χ2n) is 4.78. The zero-order valence-electron chi connectivity index (χ0n) is 10.4. The highest BCUT2D eigenvalue weighted by Crippen LogP contribution is 2.32. The first kappa shape index (κ1) is 12.0. The number of nitrogens with zero attached hydrogens (tertiary/aromatic N) is 2. The molecule has 0 saturated heterocycles. The van der Waals surface area contributed by atoms with Crippen LogP contribution in [0.4, 0.5) is 0 Å². The van der Waals surface area contributed by atoms with Crippen LogP contribution in [0.15, 0.2) is 0 Å². The van der Waals surface area contributed by atoms with Crippen molar-refractivity contribution in [3.05, 3.63) is 22.8 Å². The van der Waals surface area contributed by atoms with E-state index in [1.807, 2.05) is 13.8 Å². The highest BCUT2D eigenvalue weighted by atomic mass is 16.4. The molecule has 0 atom stereocenters. The van der Waals surface area contributed by atoms with Crippen molar-refractivity contribution in [2.24, 2.45) is 0 Å². The number of aryl methyl sites for hydroxylation is 2. The van der Waals surface area contributed by atoms with E-state index in [1.165, 1.54) is 12.8 Å². The number of aromatic nitrogens is 2. The number of carboxylic acids is 1. The predicted molar refractivity (Wildman–Crippen MR) is 64.1 cm³/mol.